The van der Waals surface area contributed by atoms with Gasteiger partial charge in [-0.15, -0.1) is 0 Å². The predicted octanol–water partition coefficient (Wildman–Crippen LogP) is 2.01. The number of carbonyl (C=O) groups is 4. The molecule has 1 aliphatic heterocycles. The lowest BCUT2D eigenvalue weighted by atomic mass is 10.1. The number of para-hydroxylation sites is 1. The Labute approximate surface area is 155 Å². The second kappa shape index (κ2) is 7.41. The molecule has 1 N–H and O–H groups in total. The number of ketones is 1. The van der Waals surface area contributed by atoms with Crippen molar-refractivity contribution in [1.29, 1.82) is 0 Å². The number of fused-ring (bicyclic) bond motifs is 1. The molecule has 0 radical (unpaired) electrons. The fourth-order valence-electron chi connectivity index (χ4n) is 2.74. The first-order valence-corrected chi connectivity index (χ1v) is 8.35. The summed E-state index contributed by atoms with van der Waals surface area (Å²) in [4.78, 5) is 48.9. The van der Waals surface area contributed by atoms with Crippen LogP contribution in [0.3, 0.4) is 0 Å². The zero-order valence-electron chi connectivity index (χ0n) is 14.9. The van der Waals surface area contributed by atoms with E-state index in [1.165, 1.54) is 6.07 Å². The van der Waals surface area contributed by atoms with Crippen LogP contribution in [-0.2, 0) is 19.1 Å². The number of amides is 2. The highest BCUT2D eigenvalue weighted by molar-refractivity contribution is 6.52. The molecule has 27 heavy (non-hydrogen) atoms. The summed E-state index contributed by atoms with van der Waals surface area (Å²) >= 11 is 0. The van der Waals surface area contributed by atoms with Crippen LogP contribution in [0.4, 0.5) is 11.4 Å². The summed E-state index contributed by atoms with van der Waals surface area (Å²) in [7, 11) is 0. The van der Waals surface area contributed by atoms with Crippen LogP contribution in [0, 0.1) is 13.8 Å². The molecule has 0 aliphatic carbocycles. The van der Waals surface area contributed by atoms with Gasteiger partial charge in [0, 0.05) is 5.69 Å². The van der Waals surface area contributed by atoms with Gasteiger partial charge in [0.1, 0.15) is 6.54 Å². The van der Waals surface area contributed by atoms with Crippen LogP contribution < -0.4 is 10.2 Å². The van der Waals surface area contributed by atoms with E-state index in [-0.39, 0.29) is 5.56 Å². The minimum absolute atomic E-state index is 0.253. The van der Waals surface area contributed by atoms with Crippen molar-refractivity contribution in [1.82, 2.24) is 0 Å². The molecular weight excluding hydrogens is 348 g/mol. The normalized spacial score (nSPS) is 12.7. The monoisotopic (exact) mass is 366 g/mol. The van der Waals surface area contributed by atoms with Gasteiger partial charge in [0.25, 0.3) is 17.6 Å². The van der Waals surface area contributed by atoms with Gasteiger partial charge in [-0.05, 0) is 49.2 Å². The van der Waals surface area contributed by atoms with Gasteiger partial charge in [-0.1, -0.05) is 18.2 Å². The van der Waals surface area contributed by atoms with Crippen molar-refractivity contribution >= 4 is 34.9 Å². The van der Waals surface area contributed by atoms with Gasteiger partial charge in [-0.2, -0.15) is 0 Å². The molecule has 1 heterocycles. The molecule has 0 saturated carbocycles. The van der Waals surface area contributed by atoms with E-state index in [1.54, 1.807) is 24.3 Å². The van der Waals surface area contributed by atoms with Gasteiger partial charge in [0.2, 0.25) is 0 Å². The van der Waals surface area contributed by atoms with Gasteiger partial charge in [0.05, 0.1) is 11.3 Å². The van der Waals surface area contributed by atoms with E-state index in [9.17, 15) is 19.2 Å². The van der Waals surface area contributed by atoms with Crippen molar-refractivity contribution in [3.8, 4) is 0 Å². The van der Waals surface area contributed by atoms with Crippen LogP contribution in [0.15, 0.2) is 42.5 Å². The summed E-state index contributed by atoms with van der Waals surface area (Å²) < 4.78 is 4.93. The third-order valence-corrected chi connectivity index (χ3v) is 4.32. The second-order valence-electron chi connectivity index (χ2n) is 6.25. The summed E-state index contributed by atoms with van der Waals surface area (Å²) in [6, 6.07) is 11.9. The lowest BCUT2D eigenvalue weighted by Gasteiger charge is -2.15. The Balaban J connectivity index is 1.55. The fraction of sp³-hybridized carbons (Fsp3) is 0.200. The molecule has 3 rings (SSSR count). The maximum absolute atomic E-state index is 12.0. The zero-order chi connectivity index (χ0) is 19.6. The van der Waals surface area contributed by atoms with E-state index in [1.807, 2.05) is 26.0 Å². The number of aryl methyl sites for hydroxylation is 2. The third kappa shape index (κ3) is 3.87. The second-order valence-corrected chi connectivity index (χ2v) is 6.25. The van der Waals surface area contributed by atoms with Crippen molar-refractivity contribution in [3.63, 3.8) is 0 Å². The molecule has 0 unspecified atom stereocenters. The largest absolute Gasteiger partial charge is 0.454 e. The number of ether oxygens (including phenoxy) is 1. The van der Waals surface area contributed by atoms with E-state index in [0.717, 1.165) is 16.0 Å². The maximum atomic E-state index is 12.0. The summed E-state index contributed by atoms with van der Waals surface area (Å²) in [5.74, 6) is -2.71. The summed E-state index contributed by atoms with van der Waals surface area (Å²) in [6.45, 7) is 2.98. The van der Waals surface area contributed by atoms with Gasteiger partial charge < -0.3 is 10.1 Å². The third-order valence-electron chi connectivity index (χ3n) is 4.32. The quantitative estimate of drug-likeness (QED) is 0.645. The Kier molecular flexibility index (Phi) is 5.03. The highest BCUT2D eigenvalue weighted by Crippen LogP contribution is 2.28. The number of carbonyl (C=O) groups excluding carboxylic acids is 4. The summed E-state index contributed by atoms with van der Waals surface area (Å²) in [6.07, 6.45) is 0. The first kappa shape index (κ1) is 18.3. The van der Waals surface area contributed by atoms with E-state index in [4.69, 9.17) is 4.74 Å². The summed E-state index contributed by atoms with van der Waals surface area (Å²) in [5.41, 5.74) is 3.35. The van der Waals surface area contributed by atoms with E-state index in [0.29, 0.717) is 11.4 Å². The van der Waals surface area contributed by atoms with Crippen LogP contribution in [0.2, 0.25) is 0 Å². The molecule has 0 bridgehead atoms. The van der Waals surface area contributed by atoms with E-state index >= 15 is 0 Å². The number of hydrogen-bond acceptors (Lipinski definition) is 5. The van der Waals surface area contributed by atoms with Crippen molar-refractivity contribution in [2.75, 3.05) is 23.4 Å². The van der Waals surface area contributed by atoms with Crippen molar-refractivity contribution < 1.29 is 23.9 Å². The lowest BCUT2D eigenvalue weighted by Crippen LogP contribution is -2.36. The molecule has 7 nitrogen and oxygen atoms in total. The van der Waals surface area contributed by atoms with Crippen molar-refractivity contribution in [2.24, 2.45) is 0 Å². The van der Waals surface area contributed by atoms with Crippen LogP contribution >= 0.6 is 0 Å². The van der Waals surface area contributed by atoms with Gasteiger partial charge in [-0.25, -0.2) is 0 Å². The number of anilines is 2. The van der Waals surface area contributed by atoms with Crippen molar-refractivity contribution in [2.45, 2.75) is 13.8 Å². The number of nitrogens with zero attached hydrogens (tertiary/aromatic N) is 1. The molecule has 0 atom stereocenters. The Morgan fingerprint density at radius 2 is 1.78 bits per heavy atom. The minimum atomic E-state index is -0.785. The topological polar surface area (TPSA) is 92.8 Å². The molecule has 2 amide bonds. The number of Topliss-reactive ketones (excluding diaryl/α,β-unsaturated/α-hetero) is 1. The molecular formula is C20H18N2O5. The Hall–Kier alpha value is -3.48. The molecule has 0 fully saturated rings. The summed E-state index contributed by atoms with van der Waals surface area (Å²) in [5, 5.41) is 2.64. The van der Waals surface area contributed by atoms with Crippen LogP contribution in [-0.4, -0.2) is 36.7 Å². The van der Waals surface area contributed by atoms with E-state index < -0.39 is 36.7 Å². The molecule has 0 spiro atoms. The van der Waals surface area contributed by atoms with Crippen LogP contribution in [0.1, 0.15) is 21.5 Å². The molecule has 138 valence electrons. The number of esters is 1. The van der Waals surface area contributed by atoms with Gasteiger partial charge >= 0.3 is 5.97 Å². The Bertz CT molecular complexity index is 951. The predicted molar refractivity (Wildman–Crippen MR) is 98.6 cm³/mol. The van der Waals surface area contributed by atoms with Crippen LogP contribution in [0.5, 0.6) is 0 Å². The number of nitrogens with one attached hydrogen (secondary N) is 1. The number of hydrogen-bond donors (Lipinski definition) is 1. The number of rotatable bonds is 5. The smallest absolute Gasteiger partial charge is 0.326 e. The van der Waals surface area contributed by atoms with Crippen molar-refractivity contribution in [3.05, 3.63) is 59.2 Å². The van der Waals surface area contributed by atoms with Gasteiger partial charge in [-0.3, -0.25) is 24.1 Å². The molecule has 2 aromatic rings. The van der Waals surface area contributed by atoms with E-state index in [2.05, 4.69) is 5.32 Å². The average molecular weight is 366 g/mol. The molecule has 0 saturated heterocycles. The Morgan fingerprint density at radius 1 is 1.04 bits per heavy atom. The molecule has 0 aromatic heterocycles. The minimum Gasteiger partial charge on any atom is -0.454 e. The molecule has 1 aliphatic rings. The highest BCUT2D eigenvalue weighted by Gasteiger charge is 2.36. The molecule has 7 heteroatoms. The number of benzene rings is 2. The fourth-order valence-corrected chi connectivity index (χ4v) is 2.74. The highest BCUT2D eigenvalue weighted by atomic mass is 16.5. The lowest BCUT2D eigenvalue weighted by molar-refractivity contribution is -0.146. The first-order valence-electron chi connectivity index (χ1n) is 8.35. The zero-order valence-corrected chi connectivity index (χ0v) is 14.9. The Morgan fingerprint density at radius 3 is 2.52 bits per heavy atom. The first-order chi connectivity index (χ1) is 12.9. The molecule has 2 aromatic carbocycles. The standard InChI is InChI=1S/C20H18N2O5/c1-12-7-8-14(9-13(12)2)21-17(23)11-27-18(24)10-22-16-6-4-3-5-15(16)19(25)20(22)26/h3-9H,10-11H2,1-2H3,(H,21,23). The van der Waals surface area contributed by atoms with Gasteiger partial charge in [0.15, 0.2) is 6.61 Å². The maximum Gasteiger partial charge on any atom is 0.326 e. The average Bonchev–Trinajstić information content (AvgIpc) is 2.88. The SMILES string of the molecule is Cc1ccc(NC(=O)COC(=O)CN2C(=O)C(=O)c3ccccc32)cc1C. The van der Waals surface area contributed by atoms with Crippen LogP contribution in [0.25, 0.3) is 0 Å².